The molecule has 0 aromatic heterocycles. The van der Waals surface area contributed by atoms with Crippen LogP contribution in [0.5, 0.6) is 0 Å². The first-order valence-corrected chi connectivity index (χ1v) is 8.07. The lowest BCUT2D eigenvalue weighted by molar-refractivity contribution is -0.00802. The summed E-state index contributed by atoms with van der Waals surface area (Å²) in [5.41, 5.74) is 4.82. The maximum atomic E-state index is 2.67. The van der Waals surface area contributed by atoms with Gasteiger partial charge >= 0.3 is 0 Å². The van der Waals surface area contributed by atoms with Crippen molar-refractivity contribution in [2.45, 2.75) is 31.7 Å². The van der Waals surface area contributed by atoms with Crippen LogP contribution in [0.3, 0.4) is 0 Å². The van der Waals surface area contributed by atoms with Crippen LogP contribution in [0, 0.1) is 12.8 Å². The minimum absolute atomic E-state index is 0.438. The quantitative estimate of drug-likeness (QED) is 0.814. The van der Waals surface area contributed by atoms with Gasteiger partial charge in [0, 0.05) is 25.0 Å². The number of piperidine rings is 2. The van der Waals surface area contributed by atoms with Crippen LogP contribution >= 0.6 is 0 Å². The normalized spacial score (nSPS) is 28.1. The van der Waals surface area contributed by atoms with E-state index in [0.29, 0.717) is 5.41 Å². The standard InChI is InChI=1S/C20H23N/c1-16-6-5-7-17(10-16)13-21-14-18-11-20(12-18,15-21)19-8-3-2-4-9-19/h2-10,18H,11-15H2,1H3. The molecule has 2 heterocycles. The minimum atomic E-state index is 0.438. The Morgan fingerprint density at radius 3 is 2.62 bits per heavy atom. The first-order valence-electron chi connectivity index (χ1n) is 8.07. The first kappa shape index (κ1) is 13.1. The largest absolute Gasteiger partial charge is 0.298 e. The highest BCUT2D eigenvalue weighted by atomic mass is 15.2. The zero-order chi connectivity index (χ0) is 14.3. The molecule has 1 saturated carbocycles. The van der Waals surface area contributed by atoms with Gasteiger partial charge in [0.2, 0.25) is 0 Å². The van der Waals surface area contributed by atoms with Gasteiger partial charge in [0.25, 0.3) is 0 Å². The molecule has 2 aromatic rings. The molecule has 108 valence electrons. The molecule has 0 radical (unpaired) electrons. The van der Waals surface area contributed by atoms with Crippen LogP contribution in [0.25, 0.3) is 0 Å². The number of aryl methyl sites for hydroxylation is 1. The Labute approximate surface area is 127 Å². The second-order valence-electron chi connectivity index (χ2n) is 7.08. The lowest BCUT2D eigenvalue weighted by atomic mass is 9.56. The fraction of sp³-hybridized carbons (Fsp3) is 0.400. The number of hydrogen-bond donors (Lipinski definition) is 0. The van der Waals surface area contributed by atoms with Crippen LogP contribution in [0.15, 0.2) is 54.6 Å². The Balaban J connectivity index is 1.52. The zero-order valence-corrected chi connectivity index (χ0v) is 12.8. The Kier molecular flexibility index (Phi) is 3.11. The molecule has 0 atom stereocenters. The van der Waals surface area contributed by atoms with Gasteiger partial charge in [-0.05, 0) is 36.8 Å². The van der Waals surface area contributed by atoms with E-state index in [1.54, 1.807) is 5.56 Å². The molecule has 2 aromatic carbocycles. The molecule has 1 heteroatoms. The molecule has 0 spiro atoms. The van der Waals surface area contributed by atoms with Gasteiger partial charge in [-0.1, -0.05) is 60.2 Å². The number of hydrogen-bond acceptors (Lipinski definition) is 1. The van der Waals surface area contributed by atoms with E-state index < -0.39 is 0 Å². The smallest absolute Gasteiger partial charge is 0.0234 e. The molecule has 21 heavy (non-hydrogen) atoms. The van der Waals surface area contributed by atoms with Gasteiger partial charge in [-0.25, -0.2) is 0 Å². The van der Waals surface area contributed by atoms with Gasteiger partial charge < -0.3 is 0 Å². The summed E-state index contributed by atoms with van der Waals surface area (Å²) in [5.74, 6) is 0.906. The van der Waals surface area contributed by atoms with Crippen molar-refractivity contribution in [3.05, 3.63) is 71.3 Å². The molecule has 1 aliphatic carbocycles. The maximum absolute atomic E-state index is 2.67. The highest BCUT2D eigenvalue weighted by Crippen LogP contribution is 2.52. The van der Waals surface area contributed by atoms with E-state index in [1.807, 2.05) is 0 Å². The molecule has 5 rings (SSSR count). The van der Waals surface area contributed by atoms with Crippen LogP contribution < -0.4 is 0 Å². The second-order valence-corrected chi connectivity index (χ2v) is 7.08. The molecule has 1 nitrogen and oxygen atoms in total. The molecular weight excluding hydrogens is 254 g/mol. The molecule has 0 amide bonds. The van der Waals surface area contributed by atoms with Gasteiger partial charge in [0.05, 0.1) is 0 Å². The van der Waals surface area contributed by atoms with E-state index in [0.717, 1.165) is 12.5 Å². The average Bonchev–Trinajstić information content (AvgIpc) is 2.47. The molecule has 0 unspecified atom stereocenters. The van der Waals surface area contributed by atoms with Gasteiger partial charge in [-0.15, -0.1) is 0 Å². The molecule has 2 saturated heterocycles. The lowest BCUT2D eigenvalue weighted by Crippen LogP contribution is -2.58. The monoisotopic (exact) mass is 277 g/mol. The number of rotatable bonds is 3. The highest BCUT2D eigenvalue weighted by Gasteiger charge is 2.50. The summed E-state index contributed by atoms with van der Waals surface area (Å²) in [6.07, 6.45) is 2.78. The van der Waals surface area contributed by atoms with Gasteiger partial charge in [-0.3, -0.25) is 4.90 Å². The molecule has 3 aliphatic rings. The SMILES string of the molecule is Cc1cccc(CN2CC3CC(c4ccccc4)(C3)C2)c1. The summed E-state index contributed by atoms with van der Waals surface area (Å²) in [4.78, 5) is 2.67. The summed E-state index contributed by atoms with van der Waals surface area (Å²) < 4.78 is 0. The third-order valence-electron chi connectivity index (χ3n) is 5.28. The predicted molar refractivity (Wildman–Crippen MR) is 87.3 cm³/mol. The van der Waals surface area contributed by atoms with Crippen molar-refractivity contribution in [2.75, 3.05) is 13.1 Å². The van der Waals surface area contributed by atoms with E-state index in [1.165, 1.54) is 37.1 Å². The fourth-order valence-electron chi connectivity index (χ4n) is 4.47. The lowest BCUT2D eigenvalue weighted by Gasteiger charge is -2.57. The van der Waals surface area contributed by atoms with E-state index in [9.17, 15) is 0 Å². The Morgan fingerprint density at radius 2 is 1.86 bits per heavy atom. The Bertz CT molecular complexity index is 625. The number of nitrogens with zero attached hydrogens (tertiary/aromatic N) is 1. The van der Waals surface area contributed by atoms with E-state index in [-0.39, 0.29) is 0 Å². The van der Waals surface area contributed by atoms with E-state index in [2.05, 4.69) is 66.4 Å². The summed E-state index contributed by atoms with van der Waals surface area (Å²) in [7, 11) is 0. The maximum Gasteiger partial charge on any atom is 0.0234 e. The molecular formula is C20H23N. The van der Waals surface area contributed by atoms with Crippen molar-refractivity contribution >= 4 is 0 Å². The first-order chi connectivity index (χ1) is 10.2. The Hall–Kier alpha value is -1.60. The van der Waals surface area contributed by atoms with Crippen molar-refractivity contribution in [3.8, 4) is 0 Å². The predicted octanol–water partition coefficient (Wildman–Crippen LogP) is 4.16. The molecule has 2 bridgehead atoms. The van der Waals surface area contributed by atoms with Crippen LogP contribution in [0.1, 0.15) is 29.5 Å². The third kappa shape index (κ3) is 2.40. The van der Waals surface area contributed by atoms with Crippen LogP contribution in [-0.4, -0.2) is 18.0 Å². The van der Waals surface area contributed by atoms with Crippen molar-refractivity contribution < 1.29 is 0 Å². The Morgan fingerprint density at radius 1 is 1.05 bits per heavy atom. The minimum Gasteiger partial charge on any atom is -0.298 e. The third-order valence-corrected chi connectivity index (χ3v) is 5.28. The van der Waals surface area contributed by atoms with E-state index >= 15 is 0 Å². The van der Waals surface area contributed by atoms with Crippen LogP contribution in [0.2, 0.25) is 0 Å². The molecule has 3 fully saturated rings. The topological polar surface area (TPSA) is 3.24 Å². The summed E-state index contributed by atoms with van der Waals surface area (Å²) >= 11 is 0. The summed E-state index contributed by atoms with van der Waals surface area (Å²) in [6, 6.07) is 20.1. The van der Waals surface area contributed by atoms with Gasteiger partial charge in [0.1, 0.15) is 0 Å². The van der Waals surface area contributed by atoms with Gasteiger partial charge in [-0.2, -0.15) is 0 Å². The van der Waals surface area contributed by atoms with Crippen LogP contribution in [-0.2, 0) is 12.0 Å². The highest BCUT2D eigenvalue weighted by molar-refractivity contribution is 5.31. The van der Waals surface area contributed by atoms with Crippen molar-refractivity contribution in [3.63, 3.8) is 0 Å². The number of benzene rings is 2. The molecule has 0 N–H and O–H groups in total. The van der Waals surface area contributed by atoms with Crippen molar-refractivity contribution in [2.24, 2.45) is 5.92 Å². The van der Waals surface area contributed by atoms with Gasteiger partial charge in [0.15, 0.2) is 0 Å². The zero-order valence-electron chi connectivity index (χ0n) is 12.8. The summed E-state index contributed by atoms with van der Waals surface area (Å²) in [6.45, 7) is 5.79. The fourth-order valence-corrected chi connectivity index (χ4v) is 4.47. The van der Waals surface area contributed by atoms with Crippen LogP contribution in [0.4, 0.5) is 0 Å². The molecule has 2 aliphatic heterocycles. The van der Waals surface area contributed by atoms with Crippen molar-refractivity contribution in [1.29, 1.82) is 0 Å². The summed E-state index contributed by atoms with van der Waals surface area (Å²) in [5, 5.41) is 0. The second kappa shape index (κ2) is 4.99. The number of fused-ring (bicyclic) bond motifs is 2. The van der Waals surface area contributed by atoms with E-state index in [4.69, 9.17) is 0 Å². The van der Waals surface area contributed by atoms with Crippen molar-refractivity contribution in [1.82, 2.24) is 4.90 Å². The average molecular weight is 277 g/mol.